The SMILES string of the molecule is CC(C)c1ccc(OC(C)c2nnc(SCC(=O)Nc3ccc(Cl)c(Cl)c3)n2-c2ccccc2)cc1. The molecule has 4 aromatic rings. The summed E-state index contributed by atoms with van der Waals surface area (Å²) in [5, 5.41) is 13.0. The van der Waals surface area contributed by atoms with Crippen molar-refractivity contribution in [3.63, 3.8) is 0 Å². The lowest BCUT2D eigenvalue weighted by molar-refractivity contribution is -0.113. The fraction of sp³-hybridized carbons (Fsp3) is 0.222. The molecule has 186 valence electrons. The van der Waals surface area contributed by atoms with Crippen LogP contribution in [0.15, 0.2) is 78.0 Å². The van der Waals surface area contributed by atoms with Gasteiger partial charge >= 0.3 is 0 Å². The lowest BCUT2D eigenvalue weighted by atomic mass is 10.0. The molecule has 0 aliphatic carbocycles. The lowest BCUT2D eigenvalue weighted by Crippen LogP contribution is -2.15. The van der Waals surface area contributed by atoms with Crippen molar-refractivity contribution in [3.8, 4) is 11.4 Å². The number of hydrogen-bond acceptors (Lipinski definition) is 5. The van der Waals surface area contributed by atoms with Crippen molar-refractivity contribution >= 4 is 46.6 Å². The quantitative estimate of drug-likeness (QED) is 0.221. The molecule has 0 aliphatic rings. The van der Waals surface area contributed by atoms with Crippen LogP contribution in [0.1, 0.15) is 44.2 Å². The van der Waals surface area contributed by atoms with Crippen molar-refractivity contribution in [1.82, 2.24) is 14.8 Å². The van der Waals surface area contributed by atoms with Gasteiger partial charge < -0.3 is 10.1 Å². The van der Waals surface area contributed by atoms with Crippen LogP contribution in [-0.2, 0) is 4.79 Å². The van der Waals surface area contributed by atoms with Crippen molar-refractivity contribution in [2.24, 2.45) is 0 Å². The first-order valence-electron chi connectivity index (χ1n) is 11.5. The van der Waals surface area contributed by atoms with Crippen LogP contribution in [0.3, 0.4) is 0 Å². The van der Waals surface area contributed by atoms with Gasteiger partial charge in [-0.1, -0.05) is 79.1 Å². The zero-order valence-electron chi connectivity index (χ0n) is 20.1. The molecule has 0 spiro atoms. The summed E-state index contributed by atoms with van der Waals surface area (Å²) >= 11 is 13.3. The van der Waals surface area contributed by atoms with Crippen molar-refractivity contribution in [3.05, 3.63) is 94.2 Å². The fourth-order valence-corrected chi connectivity index (χ4v) is 4.60. The zero-order valence-corrected chi connectivity index (χ0v) is 22.4. The molecule has 1 heterocycles. The Morgan fingerprint density at radius 3 is 2.36 bits per heavy atom. The second-order valence-electron chi connectivity index (χ2n) is 8.46. The highest BCUT2D eigenvalue weighted by Gasteiger charge is 2.22. The molecular formula is C27H26Cl2N4O2S. The van der Waals surface area contributed by atoms with E-state index in [0.717, 1.165) is 11.4 Å². The van der Waals surface area contributed by atoms with Crippen molar-refractivity contribution in [2.75, 3.05) is 11.1 Å². The molecule has 0 aliphatic heterocycles. The topological polar surface area (TPSA) is 69.0 Å². The van der Waals surface area contributed by atoms with Crippen LogP contribution >= 0.6 is 35.0 Å². The Morgan fingerprint density at radius 1 is 0.972 bits per heavy atom. The molecule has 0 saturated heterocycles. The molecule has 1 amide bonds. The number of aromatic nitrogens is 3. The maximum absolute atomic E-state index is 12.6. The van der Waals surface area contributed by atoms with E-state index in [9.17, 15) is 4.79 Å². The van der Waals surface area contributed by atoms with Gasteiger partial charge in [-0.15, -0.1) is 10.2 Å². The Bertz CT molecular complexity index is 1330. The van der Waals surface area contributed by atoms with E-state index in [-0.39, 0.29) is 17.8 Å². The lowest BCUT2D eigenvalue weighted by Gasteiger charge is -2.17. The highest BCUT2D eigenvalue weighted by atomic mass is 35.5. The monoisotopic (exact) mass is 540 g/mol. The van der Waals surface area contributed by atoms with Crippen molar-refractivity contribution < 1.29 is 9.53 Å². The maximum atomic E-state index is 12.6. The number of rotatable bonds is 9. The number of ether oxygens (including phenoxy) is 1. The van der Waals surface area contributed by atoms with Gasteiger partial charge in [-0.25, -0.2) is 0 Å². The minimum atomic E-state index is -0.373. The second kappa shape index (κ2) is 11.8. The van der Waals surface area contributed by atoms with Crippen LogP contribution < -0.4 is 10.1 Å². The minimum absolute atomic E-state index is 0.136. The highest BCUT2D eigenvalue weighted by molar-refractivity contribution is 7.99. The average Bonchev–Trinajstić information content (AvgIpc) is 3.30. The largest absolute Gasteiger partial charge is 0.483 e. The minimum Gasteiger partial charge on any atom is -0.483 e. The van der Waals surface area contributed by atoms with Crippen LogP contribution in [-0.4, -0.2) is 26.4 Å². The Morgan fingerprint density at radius 2 is 1.69 bits per heavy atom. The molecular weight excluding hydrogens is 515 g/mol. The number of carbonyl (C=O) groups excluding carboxylic acids is 1. The number of anilines is 1. The van der Waals surface area contributed by atoms with Gasteiger partial charge in [0.25, 0.3) is 0 Å². The van der Waals surface area contributed by atoms with Gasteiger partial charge in [0.2, 0.25) is 5.91 Å². The number of nitrogens with one attached hydrogen (secondary N) is 1. The Labute approximate surface area is 225 Å². The van der Waals surface area contributed by atoms with Gasteiger partial charge in [0.15, 0.2) is 17.1 Å². The third-order valence-electron chi connectivity index (χ3n) is 5.43. The second-order valence-corrected chi connectivity index (χ2v) is 10.2. The maximum Gasteiger partial charge on any atom is 0.234 e. The summed E-state index contributed by atoms with van der Waals surface area (Å²) in [5.74, 6) is 1.78. The molecule has 6 nitrogen and oxygen atoms in total. The van der Waals surface area contributed by atoms with Gasteiger partial charge in [-0.05, 0) is 60.9 Å². The molecule has 1 aromatic heterocycles. The molecule has 0 radical (unpaired) electrons. The van der Waals surface area contributed by atoms with E-state index >= 15 is 0 Å². The molecule has 1 atom stereocenters. The van der Waals surface area contributed by atoms with Gasteiger partial charge in [0.05, 0.1) is 15.8 Å². The number of hydrogen-bond donors (Lipinski definition) is 1. The summed E-state index contributed by atoms with van der Waals surface area (Å²) in [5.41, 5.74) is 2.71. The van der Waals surface area contributed by atoms with Crippen LogP contribution in [0.25, 0.3) is 5.69 Å². The Balaban J connectivity index is 1.51. The predicted octanol–water partition coefficient (Wildman–Crippen LogP) is 7.57. The van der Waals surface area contributed by atoms with Crippen LogP contribution in [0, 0.1) is 0 Å². The molecule has 0 saturated carbocycles. The van der Waals surface area contributed by atoms with Crippen LogP contribution in [0.4, 0.5) is 5.69 Å². The molecule has 9 heteroatoms. The summed E-state index contributed by atoms with van der Waals surface area (Å²) in [4.78, 5) is 12.6. The number of benzene rings is 3. The number of halogens is 2. The Kier molecular flexibility index (Phi) is 8.56. The summed E-state index contributed by atoms with van der Waals surface area (Å²) < 4.78 is 8.12. The number of nitrogens with zero attached hydrogens (tertiary/aromatic N) is 3. The number of amides is 1. The van der Waals surface area contributed by atoms with E-state index in [0.29, 0.717) is 32.6 Å². The van der Waals surface area contributed by atoms with E-state index in [4.69, 9.17) is 27.9 Å². The van der Waals surface area contributed by atoms with Crippen LogP contribution in [0.2, 0.25) is 10.0 Å². The summed E-state index contributed by atoms with van der Waals surface area (Å²) in [6.07, 6.45) is -0.373. The third-order valence-corrected chi connectivity index (χ3v) is 7.10. The number of carbonyl (C=O) groups is 1. The standard InChI is InChI=1S/C27H26Cl2N4O2S/c1-17(2)19-9-12-22(13-10-19)35-18(3)26-31-32-27(33(26)21-7-5-4-6-8-21)36-16-25(34)30-20-11-14-23(28)24(29)15-20/h4-15,17-18H,16H2,1-3H3,(H,30,34). The smallest absolute Gasteiger partial charge is 0.234 e. The summed E-state index contributed by atoms with van der Waals surface area (Å²) in [7, 11) is 0. The van der Waals surface area contributed by atoms with Gasteiger partial charge in [-0.2, -0.15) is 0 Å². The van der Waals surface area contributed by atoms with Gasteiger partial charge in [-0.3, -0.25) is 9.36 Å². The van der Waals surface area contributed by atoms with Crippen molar-refractivity contribution in [1.29, 1.82) is 0 Å². The molecule has 1 N–H and O–H groups in total. The van der Waals surface area contributed by atoms with E-state index in [1.807, 2.05) is 54.0 Å². The molecule has 3 aromatic carbocycles. The molecule has 36 heavy (non-hydrogen) atoms. The summed E-state index contributed by atoms with van der Waals surface area (Å²) in [6.45, 7) is 6.25. The fourth-order valence-electron chi connectivity index (χ4n) is 3.55. The van der Waals surface area contributed by atoms with E-state index in [2.05, 4.69) is 41.5 Å². The molecule has 0 fully saturated rings. The first kappa shape index (κ1) is 26.1. The zero-order chi connectivity index (χ0) is 25.7. The van der Waals surface area contributed by atoms with Crippen molar-refractivity contribution in [2.45, 2.75) is 37.9 Å². The van der Waals surface area contributed by atoms with E-state index in [1.165, 1.54) is 17.3 Å². The highest BCUT2D eigenvalue weighted by Crippen LogP contribution is 2.29. The first-order valence-corrected chi connectivity index (χ1v) is 13.2. The predicted molar refractivity (Wildman–Crippen MR) is 147 cm³/mol. The first-order chi connectivity index (χ1) is 17.3. The van der Waals surface area contributed by atoms with E-state index in [1.54, 1.807) is 18.2 Å². The molecule has 0 bridgehead atoms. The van der Waals surface area contributed by atoms with Gasteiger partial charge in [0.1, 0.15) is 5.75 Å². The third kappa shape index (κ3) is 6.40. The average molecular weight is 542 g/mol. The van der Waals surface area contributed by atoms with E-state index < -0.39 is 0 Å². The Hall–Kier alpha value is -3.00. The normalized spacial score (nSPS) is 11.9. The van der Waals surface area contributed by atoms with Gasteiger partial charge in [0, 0.05) is 11.4 Å². The van der Waals surface area contributed by atoms with Crippen LogP contribution in [0.5, 0.6) is 5.75 Å². The molecule has 1 unspecified atom stereocenters. The summed E-state index contributed by atoms with van der Waals surface area (Å²) in [6, 6.07) is 22.8. The number of para-hydroxylation sites is 1. The molecule has 4 rings (SSSR count). The number of thioether (sulfide) groups is 1.